The third-order valence-electron chi connectivity index (χ3n) is 5.93. The number of benzene rings is 1. The summed E-state index contributed by atoms with van der Waals surface area (Å²) >= 11 is 0. The fourth-order valence-electron chi connectivity index (χ4n) is 4.04. The number of aliphatic carboxylic acids is 1. The van der Waals surface area contributed by atoms with Crippen LogP contribution in [0, 0.1) is 0 Å². The molecule has 0 fully saturated rings. The molecule has 0 heterocycles. The highest BCUT2D eigenvalue weighted by Crippen LogP contribution is 2.38. The minimum absolute atomic E-state index is 0.292. The molecule has 1 aliphatic rings. The molecule has 0 bridgehead atoms. The summed E-state index contributed by atoms with van der Waals surface area (Å²) in [5, 5.41) is 10.1. The summed E-state index contributed by atoms with van der Waals surface area (Å²) in [6.07, 6.45) is 11.5. The van der Waals surface area contributed by atoms with Gasteiger partial charge in [-0.2, -0.15) is 0 Å². The SMILES string of the molecule is CCCCCCCCOC1=C(C(=O)O)C(CCCC)=C(C)C(N)C1=Cc1ccccc1. The van der Waals surface area contributed by atoms with Gasteiger partial charge in [0.1, 0.15) is 11.3 Å². The number of hydrogen-bond donors (Lipinski definition) is 2. The Labute approximate surface area is 187 Å². The summed E-state index contributed by atoms with van der Waals surface area (Å²) in [7, 11) is 0. The van der Waals surface area contributed by atoms with Gasteiger partial charge in [0.2, 0.25) is 0 Å². The van der Waals surface area contributed by atoms with Gasteiger partial charge in [-0.1, -0.05) is 82.7 Å². The van der Waals surface area contributed by atoms with E-state index >= 15 is 0 Å². The molecule has 2 rings (SSSR count). The number of rotatable bonds is 13. The first-order valence-electron chi connectivity index (χ1n) is 11.8. The average Bonchev–Trinajstić information content (AvgIpc) is 2.77. The van der Waals surface area contributed by atoms with E-state index < -0.39 is 5.97 Å². The zero-order valence-electron chi connectivity index (χ0n) is 19.5. The van der Waals surface area contributed by atoms with E-state index in [-0.39, 0.29) is 6.04 Å². The maximum Gasteiger partial charge on any atom is 0.339 e. The third-order valence-corrected chi connectivity index (χ3v) is 5.93. The predicted octanol–water partition coefficient (Wildman–Crippen LogP) is 6.63. The van der Waals surface area contributed by atoms with Crippen LogP contribution in [0.1, 0.15) is 84.1 Å². The molecule has 1 unspecified atom stereocenters. The van der Waals surface area contributed by atoms with Crippen molar-refractivity contribution in [2.45, 2.75) is 84.6 Å². The molecule has 0 radical (unpaired) electrons. The largest absolute Gasteiger partial charge is 0.492 e. The molecular weight excluding hydrogens is 386 g/mol. The second-order valence-electron chi connectivity index (χ2n) is 8.38. The summed E-state index contributed by atoms with van der Waals surface area (Å²) in [4.78, 5) is 12.4. The lowest BCUT2D eigenvalue weighted by atomic mass is 9.81. The van der Waals surface area contributed by atoms with Crippen LogP contribution in [-0.2, 0) is 9.53 Å². The molecule has 0 saturated heterocycles. The van der Waals surface area contributed by atoms with Crippen molar-refractivity contribution < 1.29 is 14.6 Å². The fraction of sp³-hybridized carbons (Fsp3) is 0.519. The van der Waals surface area contributed by atoms with Crippen molar-refractivity contribution in [3.63, 3.8) is 0 Å². The molecule has 0 aliphatic heterocycles. The van der Waals surface area contributed by atoms with E-state index in [9.17, 15) is 9.90 Å². The van der Waals surface area contributed by atoms with Gasteiger partial charge in [-0.15, -0.1) is 0 Å². The van der Waals surface area contributed by atoms with E-state index in [1.165, 1.54) is 25.7 Å². The normalized spacial score (nSPS) is 18.1. The van der Waals surface area contributed by atoms with Gasteiger partial charge in [-0.25, -0.2) is 4.79 Å². The van der Waals surface area contributed by atoms with Crippen molar-refractivity contribution in [2.75, 3.05) is 6.61 Å². The van der Waals surface area contributed by atoms with E-state index in [0.717, 1.165) is 48.0 Å². The van der Waals surface area contributed by atoms with Crippen LogP contribution in [0.15, 0.2) is 58.4 Å². The van der Waals surface area contributed by atoms with E-state index in [4.69, 9.17) is 10.5 Å². The van der Waals surface area contributed by atoms with Crippen molar-refractivity contribution in [3.05, 3.63) is 63.9 Å². The Morgan fingerprint density at radius 2 is 1.68 bits per heavy atom. The molecule has 0 aromatic heterocycles. The molecule has 4 heteroatoms. The minimum Gasteiger partial charge on any atom is -0.492 e. The Bertz CT molecular complexity index is 805. The molecule has 0 spiro atoms. The number of carbonyl (C=O) groups is 1. The quantitative estimate of drug-likeness (QED) is 0.348. The minimum atomic E-state index is -0.936. The lowest BCUT2D eigenvalue weighted by molar-refractivity contribution is -0.132. The molecule has 1 aromatic rings. The van der Waals surface area contributed by atoms with Crippen LogP contribution in [0.3, 0.4) is 0 Å². The Morgan fingerprint density at radius 3 is 2.32 bits per heavy atom. The monoisotopic (exact) mass is 425 g/mol. The van der Waals surface area contributed by atoms with E-state index in [1.807, 2.05) is 43.3 Å². The molecule has 31 heavy (non-hydrogen) atoms. The molecule has 0 saturated carbocycles. The highest BCUT2D eigenvalue weighted by molar-refractivity contribution is 5.95. The molecule has 3 N–H and O–H groups in total. The molecule has 4 nitrogen and oxygen atoms in total. The van der Waals surface area contributed by atoms with E-state index in [2.05, 4.69) is 13.8 Å². The van der Waals surface area contributed by atoms with Crippen molar-refractivity contribution in [1.82, 2.24) is 0 Å². The van der Waals surface area contributed by atoms with Crippen molar-refractivity contribution >= 4 is 12.0 Å². The molecule has 0 amide bonds. The predicted molar refractivity (Wildman–Crippen MR) is 129 cm³/mol. The zero-order valence-corrected chi connectivity index (χ0v) is 19.5. The summed E-state index contributed by atoms with van der Waals surface area (Å²) in [5.74, 6) is -0.483. The summed E-state index contributed by atoms with van der Waals surface area (Å²) in [5.41, 5.74) is 10.4. The highest BCUT2D eigenvalue weighted by Gasteiger charge is 2.33. The molecule has 170 valence electrons. The van der Waals surface area contributed by atoms with Gasteiger partial charge >= 0.3 is 5.97 Å². The van der Waals surface area contributed by atoms with Crippen LogP contribution >= 0.6 is 0 Å². The average molecular weight is 426 g/mol. The van der Waals surface area contributed by atoms with Gasteiger partial charge in [0.15, 0.2) is 0 Å². The number of hydrogen-bond acceptors (Lipinski definition) is 3. The van der Waals surface area contributed by atoms with Gasteiger partial charge in [-0.3, -0.25) is 0 Å². The Balaban J connectivity index is 2.36. The second-order valence-corrected chi connectivity index (χ2v) is 8.38. The van der Waals surface area contributed by atoms with Crippen LogP contribution in [0.5, 0.6) is 0 Å². The molecule has 1 atom stereocenters. The Morgan fingerprint density at radius 1 is 1.03 bits per heavy atom. The lowest BCUT2D eigenvalue weighted by Gasteiger charge is -2.30. The zero-order chi connectivity index (χ0) is 22.6. The molecule has 1 aliphatic carbocycles. The first-order valence-corrected chi connectivity index (χ1v) is 11.8. The smallest absolute Gasteiger partial charge is 0.339 e. The maximum absolute atomic E-state index is 12.4. The van der Waals surface area contributed by atoms with Gasteiger partial charge in [-0.05, 0) is 49.0 Å². The van der Waals surface area contributed by atoms with Crippen LogP contribution in [0.4, 0.5) is 0 Å². The second kappa shape index (κ2) is 13.2. The number of nitrogens with two attached hydrogens (primary N) is 1. The Hall–Kier alpha value is -2.33. The summed E-state index contributed by atoms with van der Waals surface area (Å²) in [6.45, 7) is 6.79. The number of carboxylic acids is 1. The standard InChI is InChI=1S/C27H39NO3/c1-4-6-8-9-10-14-18-31-26-23(19-21-15-12-11-13-16-21)25(28)20(3)22(17-7-5-2)24(26)27(29)30/h11-13,15-16,19,25H,4-10,14,17-18,28H2,1-3H3,(H,29,30). The van der Waals surface area contributed by atoms with Crippen LogP contribution in [0.25, 0.3) is 6.08 Å². The molecule has 1 aromatic carbocycles. The lowest BCUT2D eigenvalue weighted by Crippen LogP contribution is -2.32. The highest BCUT2D eigenvalue weighted by atomic mass is 16.5. The third kappa shape index (κ3) is 7.10. The number of ether oxygens (including phenoxy) is 1. The van der Waals surface area contributed by atoms with Gasteiger partial charge in [0, 0.05) is 5.57 Å². The first-order chi connectivity index (χ1) is 15.0. The summed E-state index contributed by atoms with van der Waals surface area (Å²) < 4.78 is 6.19. The van der Waals surface area contributed by atoms with E-state index in [1.54, 1.807) is 0 Å². The van der Waals surface area contributed by atoms with Gasteiger partial charge in [0.25, 0.3) is 0 Å². The Kier molecular flexibility index (Phi) is 10.6. The van der Waals surface area contributed by atoms with E-state index in [0.29, 0.717) is 24.4 Å². The van der Waals surface area contributed by atoms with Crippen molar-refractivity contribution in [3.8, 4) is 0 Å². The van der Waals surface area contributed by atoms with Crippen LogP contribution in [0.2, 0.25) is 0 Å². The first kappa shape index (κ1) is 24.9. The maximum atomic E-state index is 12.4. The van der Waals surface area contributed by atoms with Crippen molar-refractivity contribution in [1.29, 1.82) is 0 Å². The van der Waals surface area contributed by atoms with Gasteiger partial charge < -0.3 is 15.6 Å². The van der Waals surface area contributed by atoms with Crippen LogP contribution < -0.4 is 5.73 Å². The summed E-state index contributed by atoms with van der Waals surface area (Å²) in [6, 6.07) is 9.53. The number of carboxylic acid groups (broad SMARTS) is 1. The van der Waals surface area contributed by atoms with Gasteiger partial charge in [0.05, 0.1) is 12.6 Å². The topological polar surface area (TPSA) is 72.5 Å². The van der Waals surface area contributed by atoms with Crippen LogP contribution in [-0.4, -0.2) is 23.7 Å². The fourth-order valence-corrected chi connectivity index (χ4v) is 4.04. The van der Waals surface area contributed by atoms with Crippen molar-refractivity contribution in [2.24, 2.45) is 5.73 Å². The molecular formula is C27H39NO3. The number of unbranched alkanes of at least 4 members (excludes halogenated alkanes) is 6.